The first-order valence-corrected chi connectivity index (χ1v) is 7.48. The molecule has 1 amide bonds. The Balaban J connectivity index is 2.14. The van der Waals surface area contributed by atoms with Gasteiger partial charge in [0.2, 0.25) is 5.91 Å². The van der Waals surface area contributed by atoms with E-state index >= 15 is 0 Å². The topological polar surface area (TPSA) is 44.4 Å². The van der Waals surface area contributed by atoms with E-state index in [0.29, 0.717) is 12.5 Å². The quantitative estimate of drug-likeness (QED) is 0.731. The van der Waals surface area contributed by atoms with Crippen molar-refractivity contribution in [1.82, 2.24) is 15.5 Å². The number of amides is 1. The Kier molecular flexibility index (Phi) is 6.92. The minimum Gasteiger partial charge on any atom is -0.354 e. The van der Waals surface area contributed by atoms with Crippen LogP contribution < -0.4 is 10.6 Å². The first-order chi connectivity index (χ1) is 8.08. The van der Waals surface area contributed by atoms with Crippen molar-refractivity contribution in [2.75, 3.05) is 38.7 Å². The number of carbonyl (C=O) groups is 1. The molecular weight excluding hydrogens is 234 g/mol. The molecule has 1 aliphatic heterocycles. The van der Waals surface area contributed by atoms with Gasteiger partial charge in [0.15, 0.2) is 0 Å². The van der Waals surface area contributed by atoms with Crippen molar-refractivity contribution in [2.24, 2.45) is 0 Å². The lowest BCUT2D eigenvalue weighted by Crippen LogP contribution is -2.43. The molecule has 1 rings (SSSR count). The first kappa shape index (κ1) is 14.8. The molecule has 0 aromatic heterocycles. The molecule has 100 valence electrons. The molecule has 17 heavy (non-hydrogen) atoms. The third kappa shape index (κ3) is 6.91. The summed E-state index contributed by atoms with van der Waals surface area (Å²) in [6, 6.07) is 0.621. The van der Waals surface area contributed by atoms with Crippen LogP contribution in [0.4, 0.5) is 0 Å². The van der Waals surface area contributed by atoms with Gasteiger partial charge in [-0.1, -0.05) is 0 Å². The molecule has 4 nitrogen and oxygen atoms in total. The van der Waals surface area contributed by atoms with E-state index in [1.54, 1.807) is 0 Å². The highest BCUT2D eigenvalue weighted by atomic mass is 32.2. The standard InChI is InChI=1S/C12H25N3OS/c1-10(4-6-15(2)3)14-12(16)8-11-9-17-7-5-13-11/h10-11,13H,4-9H2,1-3H3,(H,14,16). The lowest BCUT2D eigenvalue weighted by atomic mass is 10.2. The van der Waals surface area contributed by atoms with E-state index in [2.05, 4.69) is 36.6 Å². The van der Waals surface area contributed by atoms with E-state index < -0.39 is 0 Å². The second-order valence-corrected chi connectivity index (χ2v) is 6.14. The summed E-state index contributed by atoms with van der Waals surface area (Å²) in [5.74, 6) is 2.40. The third-order valence-corrected chi connectivity index (χ3v) is 3.98. The van der Waals surface area contributed by atoms with Crippen molar-refractivity contribution in [3.05, 3.63) is 0 Å². The fraction of sp³-hybridized carbons (Fsp3) is 0.917. The molecular formula is C12H25N3OS. The van der Waals surface area contributed by atoms with Crippen molar-refractivity contribution in [2.45, 2.75) is 31.8 Å². The molecule has 0 aliphatic carbocycles. The molecule has 1 aliphatic rings. The fourth-order valence-electron chi connectivity index (χ4n) is 1.83. The van der Waals surface area contributed by atoms with Crippen LogP contribution in [0, 0.1) is 0 Å². The van der Waals surface area contributed by atoms with Gasteiger partial charge in [0.25, 0.3) is 0 Å². The normalized spacial score (nSPS) is 22.5. The summed E-state index contributed by atoms with van der Waals surface area (Å²) in [7, 11) is 4.11. The molecule has 0 bridgehead atoms. The van der Waals surface area contributed by atoms with Crippen LogP contribution in [-0.4, -0.2) is 61.6 Å². The molecule has 0 saturated carbocycles. The van der Waals surface area contributed by atoms with Crippen molar-refractivity contribution in [1.29, 1.82) is 0 Å². The van der Waals surface area contributed by atoms with E-state index in [1.807, 2.05) is 11.8 Å². The van der Waals surface area contributed by atoms with Crippen LogP contribution in [-0.2, 0) is 4.79 Å². The van der Waals surface area contributed by atoms with E-state index in [0.717, 1.165) is 31.0 Å². The monoisotopic (exact) mass is 259 g/mol. The fourth-order valence-corrected chi connectivity index (χ4v) is 2.78. The van der Waals surface area contributed by atoms with Crippen molar-refractivity contribution < 1.29 is 4.79 Å². The van der Waals surface area contributed by atoms with Gasteiger partial charge < -0.3 is 15.5 Å². The Morgan fingerprint density at radius 2 is 2.35 bits per heavy atom. The molecule has 2 unspecified atom stereocenters. The average Bonchev–Trinajstić information content (AvgIpc) is 2.27. The van der Waals surface area contributed by atoms with Gasteiger partial charge >= 0.3 is 0 Å². The maximum atomic E-state index is 11.8. The van der Waals surface area contributed by atoms with Crippen LogP contribution in [0.15, 0.2) is 0 Å². The Bertz CT molecular complexity index is 230. The second kappa shape index (κ2) is 7.95. The van der Waals surface area contributed by atoms with Crippen LogP contribution in [0.25, 0.3) is 0 Å². The summed E-state index contributed by atoms with van der Waals surface area (Å²) < 4.78 is 0. The molecule has 2 atom stereocenters. The lowest BCUT2D eigenvalue weighted by molar-refractivity contribution is -0.122. The minimum atomic E-state index is 0.177. The molecule has 0 aromatic carbocycles. The molecule has 0 radical (unpaired) electrons. The maximum Gasteiger partial charge on any atom is 0.221 e. The zero-order valence-corrected chi connectivity index (χ0v) is 12.0. The zero-order chi connectivity index (χ0) is 12.7. The molecule has 1 saturated heterocycles. The number of carbonyl (C=O) groups excluding carboxylic acids is 1. The van der Waals surface area contributed by atoms with Crippen LogP contribution >= 0.6 is 11.8 Å². The van der Waals surface area contributed by atoms with Gasteiger partial charge in [-0.3, -0.25) is 4.79 Å². The molecule has 5 heteroatoms. The summed E-state index contributed by atoms with van der Waals surface area (Å²) in [6.45, 7) is 4.11. The smallest absolute Gasteiger partial charge is 0.221 e. The Hall–Kier alpha value is -0.260. The molecule has 0 aromatic rings. The second-order valence-electron chi connectivity index (χ2n) is 4.99. The number of nitrogens with one attached hydrogen (secondary N) is 2. The lowest BCUT2D eigenvalue weighted by Gasteiger charge is -2.23. The van der Waals surface area contributed by atoms with Gasteiger partial charge in [0.1, 0.15) is 0 Å². The summed E-state index contributed by atoms with van der Waals surface area (Å²) in [5, 5.41) is 6.45. The van der Waals surface area contributed by atoms with Crippen LogP contribution in [0.2, 0.25) is 0 Å². The minimum absolute atomic E-state index is 0.177. The van der Waals surface area contributed by atoms with E-state index in [4.69, 9.17) is 0 Å². The number of rotatable bonds is 6. The van der Waals surface area contributed by atoms with E-state index in [-0.39, 0.29) is 11.9 Å². The summed E-state index contributed by atoms with van der Waals surface area (Å²) >= 11 is 1.93. The number of hydrogen-bond donors (Lipinski definition) is 2. The summed E-state index contributed by atoms with van der Waals surface area (Å²) in [5.41, 5.74) is 0. The maximum absolute atomic E-state index is 11.8. The van der Waals surface area contributed by atoms with Crippen molar-refractivity contribution in [3.63, 3.8) is 0 Å². The summed E-state index contributed by atoms with van der Waals surface area (Å²) in [6.07, 6.45) is 1.62. The van der Waals surface area contributed by atoms with E-state index in [1.165, 1.54) is 0 Å². The number of thioether (sulfide) groups is 1. The van der Waals surface area contributed by atoms with Gasteiger partial charge in [-0.2, -0.15) is 11.8 Å². The Morgan fingerprint density at radius 1 is 1.59 bits per heavy atom. The van der Waals surface area contributed by atoms with Crippen LogP contribution in [0.3, 0.4) is 0 Å². The van der Waals surface area contributed by atoms with E-state index in [9.17, 15) is 4.79 Å². The Labute approximate surface area is 109 Å². The van der Waals surface area contributed by atoms with Crippen LogP contribution in [0.1, 0.15) is 19.8 Å². The number of nitrogens with zero attached hydrogens (tertiary/aromatic N) is 1. The highest BCUT2D eigenvalue weighted by Gasteiger charge is 2.17. The molecule has 1 heterocycles. The predicted octanol–water partition coefficient (Wildman–Crippen LogP) is 0.538. The highest BCUT2D eigenvalue weighted by Crippen LogP contribution is 2.10. The number of hydrogen-bond acceptors (Lipinski definition) is 4. The van der Waals surface area contributed by atoms with Gasteiger partial charge in [-0.15, -0.1) is 0 Å². The van der Waals surface area contributed by atoms with Crippen molar-refractivity contribution >= 4 is 17.7 Å². The van der Waals surface area contributed by atoms with Gasteiger partial charge in [0, 0.05) is 36.6 Å². The predicted molar refractivity (Wildman–Crippen MR) is 74.5 cm³/mol. The van der Waals surface area contributed by atoms with Gasteiger partial charge in [0.05, 0.1) is 0 Å². The summed E-state index contributed by atoms with van der Waals surface area (Å²) in [4.78, 5) is 13.9. The molecule has 2 N–H and O–H groups in total. The third-order valence-electron chi connectivity index (χ3n) is 2.85. The first-order valence-electron chi connectivity index (χ1n) is 6.33. The van der Waals surface area contributed by atoms with Crippen molar-refractivity contribution in [3.8, 4) is 0 Å². The Morgan fingerprint density at radius 3 is 2.94 bits per heavy atom. The van der Waals surface area contributed by atoms with Gasteiger partial charge in [-0.25, -0.2) is 0 Å². The van der Waals surface area contributed by atoms with Gasteiger partial charge in [-0.05, 0) is 34.0 Å². The molecule has 1 fully saturated rings. The highest BCUT2D eigenvalue weighted by molar-refractivity contribution is 7.99. The zero-order valence-electron chi connectivity index (χ0n) is 11.2. The average molecular weight is 259 g/mol. The largest absolute Gasteiger partial charge is 0.354 e. The van der Waals surface area contributed by atoms with Crippen LogP contribution in [0.5, 0.6) is 0 Å². The molecule has 0 spiro atoms. The SMILES string of the molecule is CC(CCN(C)C)NC(=O)CC1CSCCN1.